The van der Waals surface area contributed by atoms with Crippen LogP contribution in [0.15, 0.2) is 12.2 Å². The highest BCUT2D eigenvalue weighted by Gasteiger charge is 2.19. The van der Waals surface area contributed by atoms with Gasteiger partial charge in [0.25, 0.3) is 0 Å². The molecule has 0 aliphatic heterocycles. The second-order valence-electron chi connectivity index (χ2n) is 21.0. The summed E-state index contributed by atoms with van der Waals surface area (Å²) in [5.74, 6) is -0.848. The van der Waals surface area contributed by atoms with Crippen LogP contribution in [-0.4, -0.2) is 37.2 Å². The molecule has 0 saturated carbocycles. The number of rotatable bonds is 57. The number of hydrogen-bond acceptors (Lipinski definition) is 6. The molecule has 402 valence electrons. The van der Waals surface area contributed by atoms with Crippen molar-refractivity contribution in [3.63, 3.8) is 0 Å². The van der Waals surface area contributed by atoms with Gasteiger partial charge in [-0.3, -0.25) is 14.4 Å². The van der Waals surface area contributed by atoms with Gasteiger partial charge in [0.15, 0.2) is 6.10 Å². The highest BCUT2D eigenvalue weighted by atomic mass is 16.6. The first-order valence-corrected chi connectivity index (χ1v) is 30.7. The molecule has 0 aromatic heterocycles. The molecule has 0 fully saturated rings. The number of hydrogen-bond donors (Lipinski definition) is 0. The minimum absolute atomic E-state index is 0.0671. The highest BCUT2D eigenvalue weighted by molar-refractivity contribution is 5.71. The Kier molecular flexibility index (Phi) is 56.2. The molecule has 0 aromatic carbocycles. The number of carbonyl (C=O) groups excluding carboxylic acids is 3. The number of esters is 3. The summed E-state index contributed by atoms with van der Waals surface area (Å²) >= 11 is 0. The Morgan fingerprint density at radius 3 is 0.735 bits per heavy atom. The van der Waals surface area contributed by atoms with Crippen molar-refractivity contribution in [2.75, 3.05) is 13.2 Å². The minimum atomic E-state index is -0.769. The van der Waals surface area contributed by atoms with Crippen molar-refractivity contribution in [3.8, 4) is 0 Å². The third-order valence-corrected chi connectivity index (χ3v) is 14.0. The average molecular weight is 960 g/mol. The Balaban J connectivity index is 4.29. The molecule has 0 spiro atoms. The van der Waals surface area contributed by atoms with Crippen LogP contribution in [-0.2, 0) is 28.6 Å². The summed E-state index contributed by atoms with van der Waals surface area (Å²) in [6.45, 7) is 6.70. The highest BCUT2D eigenvalue weighted by Crippen LogP contribution is 2.18. The maximum absolute atomic E-state index is 12.9. The normalized spacial score (nSPS) is 12.0. The van der Waals surface area contributed by atoms with E-state index >= 15 is 0 Å². The van der Waals surface area contributed by atoms with Crippen molar-refractivity contribution in [1.82, 2.24) is 0 Å². The minimum Gasteiger partial charge on any atom is -0.462 e. The lowest BCUT2D eigenvalue weighted by Crippen LogP contribution is -2.30. The average Bonchev–Trinajstić information content (AvgIpc) is 3.34. The summed E-state index contributed by atoms with van der Waals surface area (Å²) < 4.78 is 16.9. The van der Waals surface area contributed by atoms with Crippen molar-refractivity contribution in [3.05, 3.63) is 12.2 Å². The van der Waals surface area contributed by atoms with Crippen LogP contribution in [0.3, 0.4) is 0 Å². The lowest BCUT2D eigenvalue weighted by molar-refractivity contribution is -0.167. The van der Waals surface area contributed by atoms with Crippen molar-refractivity contribution in [2.45, 2.75) is 354 Å². The molecule has 0 rings (SSSR count). The molecular weight excluding hydrogens is 841 g/mol. The van der Waals surface area contributed by atoms with Crippen molar-refractivity contribution in [1.29, 1.82) is 0 Å². The van der Waals surface area contributed by atoms with E-state index in [0.717, 1.165) is 64.2 Å². The van der Waals surface area contributed by atoms with Crippen molar-refractivity contribution in [2.24, 2.45) is 0 Å². The quantitative estimate of drug-likeness (QED) is 0.0262. The molecule has 1 atom stereocenters. The molecule has 0 aliphatic rings. The lowest BCUT2D eigenvalue weighted by Gasteiger charge is -2.18. The first kappa shape index (κ1) is 66.2. The standard InChI is InChI=1S/C62H118O6/c1-4-7-10-13-16-19-22-25-27-29-31-33-34-37-40-43-46-49-52-55-61(64)67-58-59(57-66-60(63)54-51-48-45-42-39-36-24-21-18-15-12-9-6-3)68-62(65)56-53-50-47-44-41-38-35-32-30-28-26-23-20-17-14-11-8-5-2/h32,35,59H,4-31,33-34,36-58H2,1-3H3/b35-32-. The number of allylic oxidation sites excluding steroid dienone is 2. The van der Waals surface area contributed by atoms with Crippen LogP contribution in [0.25, 0.3) is 0 Å². The molecule has 0 aliphatic carbocycles. The Bertz CT molecular complexity index is 1060. The van der Waals surface area contributed by atoms with Crippen molar-refractivity contribution < 1.29 is 28.6 Å². The Labute approximate surface area is 424 Å². The topological polar surface area (TPSA) is 78.9 Å². The van der Waals surface area contributed by atoms with Crippen LogP contribution >= 0.6 is 0 Å². The fraction of sp³-hybridized carbons (Fsp3) is 0.919. The summed E-state index contributed by atoms with van der Waals surface area (Å²) in [5, 5.41) is 0. The molecule has 6 nitrogen and oxygen atoms in total. The summed E-state index contributed by atoms with van der Waals surface area (Å²) in [5.41, 5.74) is 0. The van der Waals surface area contributed by atoms with E-state index in [-0.39, 0.29) is 31.1 Å². The number of unbranched alkanes of at least 4 members (excludes halogenated alkanes) is 44. The molecule has 0 bridgehead atoms. The predicted molar refractivity (Wildman–Crippen MR) is 293 cm³/mol. The van der Waals surface area contributed by atoms with Crippen LogP contribution < -0.4 is 0 Å². The second-order valence-corrected chi connectivity index (χ2v) is 21.0. The molecule has 0 saturated heterocycles. The zero-order valence-electron chi connectivity index (χ0n) is 46.2. The van der Waals surface area contributed by atoms with E-state index in [0.29, 0.717) is 19.3 Å². The Morgan fingerprint density at radius 1 is 0.279 bits per heavy atom. The first-order valence-electron chi connectivity index (χ1n) is 30.7. The third kappa shape index (κ3) is 55.1. The van der Waals surface area contributed by atoms with E-state index in [4.69, 9.17) is 14.2 Å². The molecule has 6 heteroatoms. The van der Waals surface area contributed by atoms with E-state index in [9.17, 15) is 14.4 Å². The molecule has 1 unspecified atom stereocenters. The second kappa shape index (κ2) is 57.7. The van der Waals surface area contributed by atoms with Crippen LogP contribution in [0.2, 0.25) is 0 Å². The van der Waals surface area contributed by atoms with E-state index in [1.54, 1.807) is 0 Å². The Hall–Kier alpha value is -1.85. The van der Waals surface area contributed by atoms with E-state index in [1.807, 2.05) is 0 Å². The number of carbonyl (C=O) groups is 3. The van der Waals surface area contributed by atoms with Gasteiger partial charge < -0.3 is 14.2 Å². The molecule has 0 N–H and O–H groups in total. The summed E-state index contributed by atoms with van der Waals surface area (Å²) in [6.07, 6.45) is 66.4. The molecular formula is C62H118O6. The summed E-state index contributed by atoms with van der Waals surface area (Å²) in [4.78, 5) is 38.2. The monoisotopic (exact) mass is 959 g/mol. The maximum Gasteiger partial charge on any atom is 0.306 e. The van der Waals surface area contributed by atoms with Gasteiger partial charge in [0, 0.05) is 19.3 Å². The third-order valence-electron chi connectivity index (χ3n) is 14.0. The fourth-order valence-corrected chi connectivity index (χ4v) is 9.38. The van der Waals surface area contributed by atoms with Crippen molar-refractivity contribution >= 4 is 17.9 Å². The smallest absolute Gasteiger partial charge is 0.306 e. The first-order chi connectivity index (χ1) is 33.5. The lowest BCUT2D eigenvalue weighted by atomic mass is 10.0. The van der Waals surface area contributed by atoms with Gasteiger partial charge in [-0.25, -0.2) is 0 Å². The van der Waals surface area contributed by atoms with Gasteiger partial charge >= 0.3 is 17.9 Å². The van der Waals surface area contributed by atoms with Gasteiger partial charge in [0.2, 0.25) is 0 Å². The van der Waals surface area contributed by atoms with Gasteiger partial charge in [-0.1, -0.05) is 296 Å². The van der Waals surface area contributed by atoms with E-state index < -0.39 is 6.10 Å². The van der Waals surface area contributed by atoms with Crippen LogP contribution in [0, 0.1) is 0 Å². The van der Waals surface area contributed by atoms with Gasteiger partial charge in [0.1, 0.15) is 13.2 Å². The van der Waals surface area contributed by atoms with Gasteiger partial charge in [-0.15, -0.1) is 0 Å². The van der Waals surface area contributed by atoms with Gasteiger partial charge in [-0.05, 0) is 44.9 Å². The number of ether oxygens (including phenoxy) is 3. The fourth-order valence-electron chi connectivity index (χ4n) is 9.38. The Morgan fingerprint density at radius 2 is 0.485 bits per heavy atom. The zero-order chi connectivity index (χ0) is 49.3. The maximum atomic E-state index is 12.9. The van der Waals surface area contributed by atoms with Crippen LogP contribution in [0.4, 0.5) is 0 Å². The van der Waals surface area contributed by atoms with Gasteiger partial charge in [-0.2, -0.15) is 0 Å². The van der Waals surface area contributed by atoms with Crippen LogP contribution in [0.5, 0.6) is 0 Å². The summed E-state index contributed by atoms with van der Waals surface area (Å²) in [7, 11) is 0. The molecule has 0 amide bonds. The zero-order valence-corrected chi connectivity index (χ0v) is 46.2. The molecule has 68 heavy (non-hydrogen) atoms. The molecule has 0 heterocycles. The largest absolute Gasteiger partial charge is 0.462 e. The van der Waals surface area contributed by atoms with E-state index in [1.165, 1.54) is 244 Å². The SMILES string of the molecule is CCCCCCCCCCC/C=C\CCCCCCCC(=O)OC(COC(=O)CCCCCCCCCCCCCCC)COC(=O)CCCCCCCCCCCCCCCCCCCCC. The van der Waals surface area contributed by atoms with E-state index in [2.05, 4.69) is 32.9 Å². The summed E-state index contributed by atoms with van der Waals surface area (Å²) in [6, 6.07) is 0. The van der Waals surface area contributed by atoms with Gasteiger partial charge in [0.05, 0.1) is 0 Å². The van der Waals surface area contributed by atoms with Crippen LogP contribution in [0.1, 0.15) is 348 Å². The molecule has 0 radical (unpaired) electrons. The predicted octanol–water partition coefficient (Wildman–Crippen LogP) is 20.5. The molecule has 0 aromatic rings.